The largest absolute Gasteiger partial charge is 0.496 e. The minimum atomic E-state index is -0.760. The maximum absolute atomic E-state index is 12.7. The summed E-state index contributed by atoms with van der Waals surface area (Å²) in [5.41, 5.74) is 1.30. The molecular weight excluding hydrogens is 402 g/mol. The summed E-state index contributed by atoms with van der Waals surface area (Å²) in [5, 5.41) is 11.2. The lowest BCUT2D eigenvalue weighted by Crippen LogP contribution is -2.31. The zero-order chi connectivity index (χ0) is 22.4. The Labute approximate surface area is 180 Å². The fourth-order valence-electron chi connectivity index (χ4n) is 3.53. The van der Waals surface area contributed by atoms with Crippen molar-refractivity contribution in [2.24, 2.45) is 0 Å². The zero-order valence-electron chi connectivity index (χ0n) is 17.6. The molecule has 0 aromatic heterocycles. The minimum absolute atomic E-state index is 0.0938. The third kappa shape index (κ3) is 5.30. The second kappa shape index (κ2) is 9.92. The van der Waals surface area contributed by atoms with Gasteiger partial charge in [-0.1, -0.05) is 18.2 Å². The third-order valence-electron chi connectivity index (χ3n) is 5.21. The van der Waals surface area contributed by atoms with Crippen LogP contribution in [0.25, 0.3) is 0 Å². The number of carbonyl (C=O) groups is 2. The van der Waals surface area contributed by atoms with Crippen LogP contribution in [0, 0.1) is 10.1 Å². The summed E-state index contributed by atoms with van der Waals surface area (Å²) in [4.78, 5) is 39.2. The Kier molecular flexibility index (Phi) is 7.07. The van der Waals surface area contributed by atoms with E-state index in [1.807, 2.05) is 23.1 Å². The zero-order valence-corrected chi connectivity index (χ0v) is 17.6. The third-order valence-corrected chi connectivity index (χ3v) is 5.21. The van der Waals surface area contributed by atoms with Gasteiger partial charge in [0, 0.05) is 44.4 Å². The van der Waals surface area contributed by atoms with Crippen LogP contribution >= 0.6 is 0 Å². The van der Waals surface area contributed by atoms with Gasteiger partial charge in [0.15, 0.2) is 6.61 Å². The minimum Gasteiger partial charge on any atom is -0.496 e. The van der Waals surface area contributed by atoms with Crippen LogP contribution in [0.5, 0.6) is 5.75 Å². The number of para-hydroxylation sites is 1. The molecule has 0 spiro atoms. The molecule has 0 bridgehead atoms. The van der Waals surface area contributed by atoms with Crippen molar-refractivity contribution in [3.05, 3.63) is 63.7 Å². The van der Waals surface area contributed by atoms with Crippen LogP contribution in [0.15, 0.2) is 42.5 Å². The van der Waals surface area contributed by atoms with Gasteiger partial charge in [-0.2, -0.15) is 0 Å². The lowest BCUT2D eigenvalue weighted by Gasteiger charge is -2.21. The molecule has 1 aliphatic heterocycles. The van der Waals surface area contributed by atoms with Crippen molar-refractivity contribution in [3.63, 3.8) is 0 Å². The number of anilines is 1. The van der Waals surface area contributed by atoms with Crippen LogP contribution in [0.4, 0.5) is 11.4 Å². The fraction of sp³-hybridized carbons (Fsp3) is 0.364. The molecule has 2 aromatic rings. The number of amides is 1. The van der Waals surface area contributed by atoms with E-state index in [1.165, 1.54) is 17.0 Å². The quantitative estimate of drug-likeness (QED) is 0.362. The number of hydrogen-bond donors (Lipinski definition) is 0. The highest BCUT2D eigenvalue weighted by atomic mass is 16.6. The topological polar surface area (TPSA) is 102 Å². The van der Waals surface area contributed by atoms with Crippen LogP contribution in [0.1, 0.15) is 28.8 Å². The first-order valence-electron chi connectivity index (χ1n) is 9.97. The van der Waals surface area contributed by atoms with Crippen molar-refractivity contribution >= 4 is 23.3 Å². The van der Waals surface area contributed by atoms with Crippen LogP contribution in [0.2, 0.25) is 0 Å². The number of ether oxygens (including phenoxy) is 2. The van der Waals surface area contributed by atoms with Crippen LogP contribution in [0.3, 0.4) is 0 Å². The lowest BCUT2D eigenvalue weighted by molar-refractivity contribution is -0.384. The Morgan fingerprint density at radius 2 is 1.87 bits per heavy atom. The summed E-state index contributed by atoms with van der Waals surface area (Å²) in [6.07, 6.45) is 1.97. The summed E-state index contributed by atoms with van der Waals surface area (Å²) in [6, 6.07) is 11.5. The molecule has 1 fully saturated rings. The molecule has 0 radical (unpaired) electrons. The Hall–Kier alpha value is -3.62. The van der Waals surface area contributed by atoms with Crippen molar-refractivity contribution in [1.82, 2.24) is 4.90 Å². The van der Waals surface area contributed by atoms with E-state index in [0.717, 1.165) is 31.5 Å². The molecule has 0 atom stereocenters. The molecule has 0 saturated carbocycles. The van der Waals surface area contributed by atoms with Gasteiger partial charge in [-0.25, -0.2) is 4.79 Å². The molecular formula is C22H25N3O6. The first kappa shape index (κ1) is 22.1. The number of carbonyl (C=O) groups excluding carboxylic acids is 2. The van der Waals surface area contributed by atoms with E-state index in [4.69, 9.17) is 9.47 Å². The smallest absolute Gasteiger partial charge is 0.341 e. The molecule has 164 valence electrons. The van der Waals surface area contributed by atoms with E-state index in [-0.39, 0.29) is 17.8 Å². The number of likely N-dealkylation sites (N-methyl/N-ethyl adjacent to an activating group) is 1. The van der Waals surface area contributed by atoms with Crippen LogP contribution in [-0.2, 0) is 16.1 Å². The van der Waals surface area contributed by atoms with E-state index in [1.54, 1.807) is 26.3 Å². The number of benzene rings is 2. The maximum atomic E-state index is 12.7. The Morgan fingerprint density at radius 3 is 2.55 bits per heavy atom. The molecule has 0 unspecified atom stereocenters. The first-order chi connectivity index (χ1) is 14.9. The molecule has 3 rings (SSSR count). The number of nitrogens with zero attached hydrogens (tertiary/aromatic N) is 3. The Morgan fingerprint density at radius 1 is 1.16 bits per heavy atom. The average molecular weight is 427 g/mol. The Bertz CT molecular complexity index is 971. The monoisotopic (exact) mass is 427 g/mol. The van der Waals surface area contributed by atoms with Gasteiger partial charge >= 0.3 is 5.97 Å². The molecule has 31 heavy (non-hydrogen) atoms. The van der Waals surface area contributed by atoms with Gasteiger partial charge in [-0.15, -0.1) is 0 Å². The average Bonchev–Trinajstić information content (AvgIpc) is 3.31. The highest BCUT2D eigenvalue weighted by Gasteiger charge is 2.24. The first-order valence-corrected chi connectivity index (χ1v) is 9.97. The van der Waals surface area contributed by atoms with E-state index in [0.29, 0.717) is 11.4 Å². The number of rotatable bonds is 8. The number of hydrogen-bond acceptors (Lipinski definition) is 7. The SMILES string of the molecule is COc1ccccc1CN(C)C(=O)COC(=O)c1cc([N+](=O)[O-])ccc1N1CCCC1. The molecule has 1 aliphatic rings. The molecule has 1 amide bonds. The summed E-state index contributed by atoms with van der Waals surface area (Å²) in [6.45, 7) is 1.35. The summed E-state index contributed by atoms with van der Waals surface area (Å²) < 4.78 is 10.5. The summed E-state index contributed by atoms with van der Waals surface area (Å²) in [7, 11) is 3.16. The fourth-order valence-corrected chi connectivity index (χ4v) is 3.53. The highest BCUT2D eigenvalue weighted by Crippen LogP contribution is 2.29. The van der Waals surface area contributed by atoms with E-state index in [2.05, 4.69) is 0 Å². The van der Waals surface area contributed by atoms with Crippen molar-refractivity contribution in [2.45, 2.75) is 19.4 Å². The second-order valence-corrected chi connectivity index (χ2v) is 7.29. The number of non-ortho nitro benzene ring substituents is 1. The van der Waals surface area contributed by atoms with E-state index in [9.17, 15) is 19.7 Å². The second-order valence-electron chi connectivity index (χ2n) is 7.29. The normalized spacial score (nSPS) is 13.0. The maximum Gasteiger partial charge on any atom is 0.341 e. The highest BCUT2D eigenvalue weighted by molar-refractivity contribution is 5.97. The number of nitro benzene ring substituents is 1. The molecule has 0 aliphatic carbocycles. The van der Waals surface area contributed by atoms with Gasteiger partial charge in [0.05, 0.1) is 23.3 Å². The molecule has 2 aromatic carbocycles. The number of methoxy groups -OCH3 is 1. The van der Waals surface area contributed by atoms with Crippen molar-refractivity contribution in [2.75, 3.05) is 38.8 Å². The number of nitro groups is 1. The van der Waals surface area contributed by atoms with E-state index < -0.39 is 23.4 Å². The summed E-state index contributed by atoms with van der Waals surface area (Å²) >= 11 is 0. The van der Waals surface area contributed by atoms with E-state index >= 15 is 0 Å². The lowest BCUT2D eigenvalue weighted by atomic mass is 10.1. The van der Waals surface area contributed by atoms with Gasteiger partial charge in [0.2, 0.25) is 0 Å². The van der Waals surface area contributed by atoms with Gasteiger partial charge in [-0.3, -0.25) is 14.9 Å². The number of esters is 1. The van der Waals surface area contributed by atoms with Gasteiger partial charge in [0.25, 0.3) is 11.6 Å². The molecule has 9 heteroatoms. The summed E-state index contributed by atoms with van der Waals surface area (Å²) in [5.74, 6) is -0.497. The van der Waals surface area contributed by atoms with Crippen LogP contribution < -0.4 is 9.64 Å². The Balaban J connectivity index is 1.68. The van der Waals surface area contributed by atoms with Gasteiger partial charge < -0.3 is 19.3 Å². The molecule has 9 nitrogen and oxygen atoms in total. The van der Waals surface area contributed by atoms with Crippen LogP contribution in [-0.4, -0.2) is 55.6 Å². The predicted octanol–water partition coefficient (Wildman–Crippen LogP) is 3.02. The molecule has 1 saturated heterocycles. The van der Waals surface area contributed by atoms with Crippen molar-refractivity contribution in [3.8, 4) is 5.75 Å². The van der Waals surface area contributed by atoms with Gasteiger partial charge in [0.1, 0.15) is 5.75 Å². The molecule has 1 heterocycles. The van der Waals surface area contributed by atoms with Crippen molar-refractivity contribution in [1.29, 1.82) is 0 Å². The standard InChI is InChI=1S/C22H25N3O6/c1-23(14-16-7-3-4-8-20(16)30-2)21(26)15-31-22(27)18-13-17(25(28)29)9-10-19(18)24-11-5-6-12-24/h3-4,7-10,13H,5-6,11-12,14-15H2,1-2H3. The predicted molar refractivity (Wildman–Crippen MR) is 114 cm³/mol. The van der Waals surface area contributed by atoms with Crippen molar-refractivity contribution < 1.29 is 24.0 Å². The van der Waals surface area contributed by atoms with Gasteiger partial charge in [-0.05, 0) is 25.0 Å². The molecule has 0 N–H and O–H groups in total.